The molecule has 0 radical (unpaired) electrons. The third-order valence-electron chi connectivity index (χ3n) is 2.06. The highest BCUT2D eigenvalue weighted by molar-refractivity contribution is 5.21. The van der Waals surface area contributed by atoms with E-state index in [-0.39, 0.29) is 5.82 Å². The molecular formula is C12H19FNO2+. The van der Waals surface area contributed by atoms with Crippen LogP contribution in [0.1, 0.15) is 0 Å². The molecule has 0 atom stereocenters. The Labute approximate surface area is 95.8 Å². The average Bonchev–Trinajstić information content (AvgIpc) is 2.25. The van der Waals surface area contributed by atoms with Crippen molar-refractivity contribution in [3.8, 4) is 5.75 Å². The Morgan fingerprint density at radius 3 is 2.38 bits per heavy atom. The molecule has 0 heterocycles. The Hall–Kier alpha value is -1.13. The van der Waals surface area contributed by atoms with Gasteiger partial charge in [-0.2, -0.15) is 0 Å². The maximum absolute atomic E-state index is 12.6. The number of quaternary nitrogens is 1. The van der Waals surface area contributed by atoms with Crippen molar-refractivity contribution in [2.24, 2.45) is 0 Å². The predicted molar refractivity (Wildman–Crippen MR) is 60.4 cm³/mol. The number of benzene rings is 1. The second-order valence-electron chi connectivity index (χ2n) is 3.87. The van der Waals surface area contributed by atoms with E-state index in [1.807, 2.05) is 0 Å². The van der Waals surface area contributed by atoms with Crippen molar-refractivity contribution in [2.75, 3.05) is 40.5 Å². The van der Waals surface area contributed by atoms with Crippen LogP contribution in [0.4, 0.5) is 4.39 Å². The Balaban J connectivity index is 2.05. The molecule has 0 amide bonds. The standard InChI is InChI=1S/C12H18FNO2/c1-14(2)7-8-15-9-10-16-12-5-3-11(13)4-6-12/h3-6H,7-10H2,1-2H3/p+1. The molecule has 0 saturated carbocycles. The van der Waals surface area contributed by atoms with Crippen LogP contribution in [0.3, 0.4) is 0 Å². The van der Waals surface area contributed by atoms with Gasteiger partial charge in [0.1, 0.15) is 24.7 Å². The van der Waals surface area contributed by atoms with Crippen LogP contribution in [0, 0.1) is 5.82 Å². The summed E-state index contributed by atoms with van der Waals surface area (Å²) < 4.78 is 23.3. The Morgan fingerprint density at radius 2 is 1.75 bits per heavy atom. The molecular weight excluding hydrogens is 209 g/mol. The first kappa shape index (κ1) is 12.9. The molecule has 0 aliphatic heterocycles. The number of likely N-dealkylation sites (N-methyl/N-ethyl adjacent to an activating group) is 1. The average molecular weight is 228 g/mol. The molecule has 1 aromatic rings. The van der Waals surface area contributed by atoms with Crippen LogP contribution in [-0.2, 0) is 4.74 Å². The molecule has 1 N–H and O–H groups in total. The van der Waals surface area contributed by atoms with E-state index in [2.05, 4.69) is 14.1 Å². The third-order valence-corrected chi connectivity index (χ3v) is 2.06. The normalized spacial score (nSPS) is 10.8. The van der Waals surface area contributed by atoms with E-state index in [9.17, 15) is 4.39 Å². The van der Waals surface area contributed by atoms with Crippen LogP contribution < -0.4 is 9.64 Å². The lowest BCUT2D eigenvalue weighted by atomic mass is 10.3. The summed E-state index contributed by atoms with van der Waals surface area (Å²) in [5.41, 5.74) is 0. The van der Waals surface area contributed by atoms with Gasteiger partial charge in [0.2, 0.25) is 0 Å². The van der Waals surface area contributed by atoms with Crippen molar-refractivity contribution in [3.05, 3.63) is 30.1 Å². The number of halogens is 1. The van der Waals surface area contributed by atoms with Gasteiger partial charge in [0, 0.05) is 0 Å². The monoisotopic (exact) mass is 228 g/mol. The van der Waals surface area contributed by atoms with Crippen LogP contribution in [0.2, 0.25) is 0 Å². The van der Waals surface area contributed by atoms with Crippen molar-refractivity contribution < 1.29 is 18.8 Å². The van der Waals surface area contributed by atoms with Gasteiger partial charge in [-0.3, -0.25) is 0 Å². The molecule has 0 unspecified atom stereocenters. The highest BCUT2D eigenvalue weighted by Crippen LogP contribution is 2.10. The summed E-state index contributed by atoms with van der Waals surface area (Å²) in [5, 5.41) is 0. The molecule has 90 valence electrons. The molecule has 0 spiro atoms. The fourth-order valence-corrected chi connectivity index (χ4v) is 1.13. The molecule has 16 heavy (non-hydrogen) atoms. The zero-order valence-electron chi connectivity index (χ0n) is 9.83. The lowest BCUT2D eigenvalue weighted by Gasteiger charge is -2.09. The highest BCUT2D eigenvalue weighted by Gasteiger charge is 1.96. The Bertz CT molecular complexity index is 288. The van der Waals surface area contributed by atoms with E-state index in [0.29, 0.717) is 19.0 Å². The number of hydrogen-bond donors (Lipinski definition) is 1. The lowest BCUT2D eigenvalue weighted by molar-refractivity contribution is -0.858. The van der Waals surface area contributed by atoms with Crippen molar-refractivity contribution in [2.45, 2.75) is 0 Å². The number of rotatable bonds is 7. The van der Waals surface area contributed by atoms with Crippen molar-refractivity contribution in [3.63, 3.8) is 0 Å². The van der Waals surface area contributed by atoms with Crippen LogP contribution in [0.5, 0.6) is 5.75 Å². The van der Waals surface area contributed by atoms with Gasteiger partial charge in [-0.05, 0) is 24.3 Å². The second-order valence-corrected chi connectivity index (χ2v) is 3.87. The molecule has 0 aliphatic carbocycles. The van der Waals surface area contributed by atoms with Gasteiger partial charge in [0.05, 0.1) is 27.3 Å². The summed E-state index contributed by atoms with van der Waals surface area (Å²) in [7, 11) is 4.16. The van der Waals surface area contributed by atoms with Gasteiger partial charge in [-0.25, -0.2) is 4.39 Å². The van der Waals surface area contributed by atoms with Crippen molar-refractivity contribution in [1.29, 1.82) is 0 Å². The molecule has 0 aromatic heterocycles. The molecule has 1 aromatic carbocycles. The van der Waals surface area contributed by atoms with Gasteiger partial charge in [-0.1, -0.05) is 0 Å². The van der Waals surface area contributed by atoms with Gasteiger partial charge >= 0.3 is 0 Å². The summed E-state index contributed by atoms with van der Waals surface area (Å²) in [6.45, 7) is 2.77. The van der Waals surface area contributed by atoms with Gasteiger partial charge in [0.25, 0.3) is 0 Å². The van der Waals surface area contributed by atoms with Crippen molar-refractivity contribution in [1.82, 2.24) is 0 Å². The second kappa shape index (κ2) is 7.19. The first-order valence-electron chi connectivity index (χ1n) is 5.43. The quantitative estimate of drug-likeness (QED) is 0.681. The minimum atomic E-state index is -0.252. The van der Waals surface area contributed by atoms with E-state index in [4.69, 9.17) is 9.47 Å². The number of hydrogen-bond acceptors (Lipinski definition) is 2. The zero-order chi connectivity index (χ0) is 11.8. The SMILES string of the molecule is C[NH+](C)CCOCCOc1ccc(F)cc1. The fraction of sp³-hybridized carbons (Fsp3) is 0.500. The minimum absolute atomic E-state index is 0.252. The van der Waals surface area contributed by atoms with Gasteiger partial charge < -0.3 is 14.4 Å². The fourth-order valence-electron chi connectivity index (χ4n) is 1.13. The van der Waals surface area contributed by atoms with Crippen molar-refractivity contribution >= 4 is 0 Å². The largest absolute Gasteiger partial charge is 0.491 e. The topological polar surface area (TPSA) is 22.9 Å². The summed E-state index contributed by atoms with van der Waals surface area (Å²) in [5.74, 6) is 0.417. The van der Waals surface area contributed by atoms with Crippen LogP contribution >= 0.6 is 0 Å². The third kappa shape index (κ3) is 5.68. The van der Waals surface area contributed by atoms with E-state index < -0.39 is 0 Å². The summed E-state index contributed by atoms with van der Waals surface area (Å²) in [4.78, 5) is 1.36. The van der Waals surface area contributed by atoms with E-state index in [1.54, 1.807) is 12.1 Å². The predicted octanol–water partition coefficient (Wildman–Crippen LogP) is 0.366. The van der Waals surface area contributed by atoms with Crippen LogP contribution in [0.25, 0.3) is 0 Å². The smallest absolute Gasteiger partial charge is 0.123 e. The van der Waals surface area contributed by atoms with E-state index in [0.717, 1.165) is 13.2 Å². The summed E-state index contributed by atoms with van der Waals surface area (Å²) in [6.07, 6.45) is 0. The molecule has 0 fully saturated rings. The summed E-state index contributed by atoms with van der Waals surface area (Å²) >= 11 is 0. The van der Waals surface area contributed by atoms with Gasteiger partial charge in [-0.15, -0.1) is 0 Å². The van der Waals surface area contributed by atoms with E-state index >= 15 is 0 Å². The maximum atomic E-state index is 12.6. The first-order chi connectivity index (χ1) is 7.68. The maximum Gasteiger partial charge on any atom is 0.123 e. The highest BCUT2D eigenvalue weighted by atomic mass is 19.1. The minimum Gasteiger partial charge on any atom is -0.491 e. The molecule has 4 heteroatoms. The zero-order valence-corrected chi connectivity index (χ0v) is 9.83. The molecule has 1 rings (SSSR count). The molecule has 0 bridgehead atoms. The molecule has 0 saturated heterocycles. The van der Waals surface area contributed by atoms with Crippen LogP contribution in [0.15, 0.2) is 24.3 Å². The molecule has 3 nitrogen and oxygen atoms in total. The lowest BCUT2D eigenvalue weighted by Crippen LogP contribution is -3.06. The number of ether oxygens (including phenoxy) is 2. The number of nitrogens with one attached hydrogen (secondary N) is 1. The van der Waals surface area contributed by atoms with E-state index in [1.165, 1.54) is 17.0 Å². The Kier molecular flexibility index (Phi) is 5.82. The first-order valence-corrected chi connectivity index (χ1v) is 5.43. The van der Waals surface area contributed by atoms with Gasteiger partial charge in [0.15, 0.2) is 0 Å². The Morgan fingerprint density at radius 1 is 1.06 bits per heavy atom. The van der Waals surface area contributed by atoms with Crippen LogP contribution in [-0.4, -0.2) is 40.5 Å². The summed E-state index contributed by atoms with van der Waals surface area (Å²) in [6, 6.07) is 5.98. The molecule has 0 aliphatic rings.